The van der Waals surface area contributed by atoms with Crippen molar-refractivity contribution >= 4 is 22.6 Å². The number of pyridine rings is 1. The van der Waals surface area contributed by atoms with Crippen LogP contribution in [0.1, 0.15) is 21.7 Å². The van der Waals surface area contributed by atoms with Crippen molar-refractivity contribution in [3.05, 3.63) is 69.8 Å². The monoisotopic (exact) mass is 294 g/mol. The first-order chi connectivity index (χ1) is 10.5. The van der Waals surface area contributed by atoms with Gasteiger partial charge in [-0.05, 0) is 43.2 Å². The maximum absolute atomic E-state index is 12.2. The third kappa shape index (κ3) is 2.61. The Morgan fingerprint density at radius 1 is 1.23 bits per heavy atom. The molecule has 110 valence electrons. The van der Waals surface area contributed by atoms with Gasteiger partial charge in [0, 0.05) is 12.3 Å². The Kier molecular flexibility index (Phi) is 3.47. The molecule has 2 heterocycles. The van der Waals surface area contributed by atoms with Gasteiger partial charge in [-0.25, -0.2) is 0 Å². The molecular formula is C17H14N2O3. The molecule has 5 nitrogen and oxygen atoms in total. The number of carbonyl (C=O) groups is 1. The third-order valence-electron chi connectivity index (χ3n) is 3.30. The quantitative estimate of drug-likeness (QED) is 0.788. The Balaban J connectivity index is 2.05. The van der Waals surface area contributed by atoms with Gasteiger partial charge in [0.1, 0.15) is 5.58 Å². The van der Waals surface area contributed by atoms with Crippen LogP contribution in [-0.2, 0) is 0 Å². The van der Waals surface area contributed by atoms with E-state index in [4.69, 9.17) is 4.42 Å². The number of rotatable bonds is 2. The number of aromatic nitrogens is 1. The van der Waals surface area contributed by atoms with E-state index in [9.17, 15) is 9.59 Å². The molecular weight excluding hydrogens is 280 g/mol. The summed E-state index contributed by atoms with van der Waals surface area (Å²) in [5.74, 6) is -0.500. The lowest BCUT2D eigenvalue weighted by atomic mass is 10.1. The minimum Gasteiger partial charge on any atom is -0.450 e. The van der Waals surface area contributed by atoms with E-state index in [1.54, 1.807) is 24.4 Å². The molecule has 1 aromatic carbocycles. The zero-order chi connectivity index (χ0) is 15.7. The van der Waals surface area contributed by atoms with Gasteiger partial charge >= 0.3 is 0 Å². The van der Waals surface area contributed by atoms with E-state index >= 15 is 0 Å². The van der Waals surface area contributed by atoms with Crippen LogP contribution >= 0.6 is 0 Å². The predicted molar refractivity (Wildman–Crippen MR) is 84.1 cm³/mol. The maximum atomic E-state index is 12.2. The molecule has 0 aliphatic heterocycles. The molecule has 0 radical (unpaired) electrons. The summed E-state index contributed by atoms with van der Waals surface area (Å²) >= 11 is 0. The summed E-state index contributed by atoms with van der Waals surface area (Å²) in [6, 6.07) is 8.30. The van der Waals surface area contributed by atoms with E-state index in [1.165, 1.54) is 12.3 Å². The van der Waals surface area contributed by atoms with Gasteiger partial charge in [0.25, 0.3) is 5.91 Å². The van der Waals surface area contributed by atoms with Gasteiger partial charge < -0.3 is 9.73 Å². The molecule has 0 saturated heterocycles. The second kappa shape index (κ2) is 5.44. The number of nitrogens with one attached hydrogen (secondary N) is 1. The van der Waals surface area contributed by atoms with Crippen molar-refractivity contribution in [1.29, 1.82) is 0 Å². The molecule has 22 heavy (non-hydrogen) atoms. The average molecular weight is 294 g/mol. The van der Waals surface area contributed by atoms with E-state index in [2.05, 4.69) is 10.3 Å². The van der Waals surface area contributed by atoms with Crippen LogP contribution in [0.15, 0.2) is 51.9 Å². The smallest absolute Gasteiger partial charge is 0.291 e. The number of aryl methyl sites for hydroxylation is 2. The first kappa shape index (κ1) is 14.0. The number of benzene rings is 1. The average Bonchev–Trinajstić information content (AvgIpc) is 2.49. The van der Waals surface area contributed by atoms with Crippen molar-refractivity contribution in [3.8, 4) is 0 Å². The highest BCUT2D eigenvalue weighted by atomic mass is 16.3. The lowest BCUT2D eigenvalue weighted by molar-refractivity contribution is 0.0997. The summed E-state index contributed by atoms with van der Waals surface area (Å²) < 4.78 is 5.63. The SMILES string of the molecule is Cc1cc(C)c2oc(C(=O)Nc3cccnc3)cc(=O)c2c1. The zero-order valence-electron chi connectivity index (χ0n) is 12.2. The summed E-state index contributed by atoms with van der Waals surface area (Å²) in [4.78, 5) is 28.3. The Labute approximate surface area is 126 Å². The molecule has 0 spiro atoms. The van der Waals surface area contributed by atoms with Crippen LogP contribution in [0.25, 0.3) is 11.0 Å². The Bertz CT molecular complexity index is 914. The Morgan fingerprint density at radius 3 is 2.77 bits per heavy atom. The van der Waals surface area contributed by atoms with Gasteiger partial charge in [0.05, 0.1) is 17.3 Å². The molecule has 2 aromatic heterocycles. The van der Waals surface area contributed by atoms with E-state index < -0.39 is 5.91 Å². The number of nitrogens with zero attached hydrogens (tertiary/aromatic N) is 1. The first-order valence-corrected chi connectivity index (χ1v) is 6.81. The van der Waals surface area contributed by atoms with Crippen molar-refractivity contribution in [2.24, 2.45) is 0 Å². The van der Waals surface area contributed by atoms with Gasteiger partial charge in [-0.15, -0.1) is 0 Å². The maximum Gasteiger partial charge on any atom is 0.291 e. The second-order valence-electron chi connectivity index (χ2n) is 5.13. The minimum absolute atomic E-state index is 0.0201. The van der Waals surface area contributed by atoms with Crippen LogP contribution in [0, 0.1) is 13.8 Å². The molecule has 3 aromatic rings. The standard InChI is InChI=1S/C17H14N2O3/c1-10-6-11(2)16-13(7-10)14(20)8-15(22-16)17(21)19-12-4-3-5-18-9-12/h3-9H,1-2H3,(H,19,21). The van der Waals surface area contributed by atoms with Crippen LogP contribution in [0.3, 0.4) is 0 Å². The van der Waals surface area contributed by atoms with Crippen molar-refractivity contribution in [1.82, 2.24) is 4.98 Å². The number of hydrogen-bond acceptors (Lipinski definition) is 4. The van der Waals surface area contributed by atoms with Gasteiger partial charge in [-0.2, -0.15) is 0 Å². The van der Waals surface area contributed by atoms with Gasteiger partial charge in [-0.3, -0.25) is 14.6 Å². The first-order valence-electron chi connectivity index (χ1n) is 6.81. The van der Waals surface area contributed by atoms with Crippen LogP contribution in [-0.4, -0.2) is 10.9 Å². The minimum atomic E-state index is -0.480. The highest BCUT2D eigenvalue weighted by molar-refractivity contribution is 6.03. The molecule has 0 aliphatic carbocycles. The van der Waals surface area contributed by atoms with E-state index in [-0.39, 0.29) is 11.2 Å². The van der Waals surface area contributed by atoms with Gasteiger partial charge in [0.2, 0.25) is 0 Å². The van der Waals surface area contributed by atoms with Crippen LogP contribution < -0.4 is 10.7 Å². The third-order valence-corrected chi connectivity index (χ3v) is 3.30. The van der Waals surface area contributed by atoms with Gasteiger partial charge in [-0.1, -0.05) is 6.07 Å². The molecule has 0 atom stereocenters. The van der Waals surface area contributed by atoms with E-state index in [1.807, 2.05) is 19.9 Å². The van der Waals surface area contributed by atoms with Crippen LogP contribution in [0.2, 0.25) is 0 Å². The van der Waals surface area contributed by atoms with E-state index in [0.29, 0.717) is 16.7 Å². The normalized spacial score (nSPS) is 10.6. The van der Waals surface area contributed by atoms with Crippen LogP contribution in [0.5, 0.6) is 0 Å². The van der Waals surface area contributed by atoms with E-state index in [0.717, 1.165) is 11.1 Å². The molecule has 0 aliphatic rings. The zero-order valence-corrected chi connectivity index (χ0v) is 12.2. The largest absolute Gasteiger partial charge is 0.450 e. The molecule has 0 fully saturated rings. The number of hydrogen-bond donors (Lipinski definition) is 1. The summed E-state index contributed by atoms with van der Waals surface area (Å²) in [6.07, 6.45) is 3.13. The molecule has 5 heteroatoms. The summed E-state index contributed by atoms with van der Waals surface area (Å²) in [7, 11) is 0. The summed E-state index contributed by atoms with van der Waals surface area (Å²) in [6.45, 7) is 3.76. The predicted octanol–water partition coefficient (Wildman–Crippen LogP) is 3.06. The molecule has 1 N–H and O–H groups in total. The topological polar surface area (TPSA) is 72.2 Å². The van der Waals surface area contributed by atoms with Gasteiger partial charge in [0.15, 0.2) is 11.2 Å². The van der Waals surface area contributed by atoms with Crippen molar-refractivity contribution < 1.29 is 9.21 Å². The lowest BCUT2D eigenvalue weighted by Gasteiger charge is -2.07. The van der Waals surface area contributed by atoms with Crippen molar-refractivity contribution in [2.45, 2.75) is 13.8 Å². The van der Waals surface area contributed by atoms with Crippen LogP contribution in [0.4, 0.5) is 5.69 Å². The van der Waals surface area contributed by atoms with Crippen molar-refractivity contribution in [2.75, 3.05) is 5.32 Å². The number of anilines is 1. The highest BCUT2D eigenvalue weighted by Crippen LogP contribution is 2.19. The van der Waals surface area contributed by atoms with Crippen molar-refractivity contribution in [3.63, 3.8) is 0 Å². The molecule has 0 unspecified atom stereocenters. The summed E-state index contributed by atoms with van der Waals surface area (Å²) in [5.41, 5.74) is 2.54. The Morgan fingerprint density at radius 2 is 2.05 bits per heavy atom. The number of amides is 1. The molecule has 1 amide bonds. The lowest BCUT2D eigenvalue weighted by Crippen LogP contribution is -2.15. The second-order valence-corrected chi connectivity index (χ2v) is 5.13. The number of carbonyl (C=O) groups excluding carboxylic acids is 1. The fraction of sp³-hybridized carbons (Fsp3) is 0.118. The fourth-order valence-electron chi connectivity index (χ4n) is 2.35. The summed E-state index contributed by atoms with van der Waals surface area (Å²) in [5, 5.41) is 3.13. The molecule has 0 bridgehead atoms. The molecule has 3 rings (SSSR count). The highest BCUT2D eigenvalue weighted by Gasteiger charge is 2.14. The molecule has 0 saturated carbocycles. The Hall–Kier alpha value is -2.95. The number of fused-ring (bicyclic) bond motifs is 1. The fourth-order valence-corrected chi connectivity index (χ4v) is 2.35.